The first kappa shape index (κ1) is 21.1. The molecule has 3 rings (SSSR count). The molecule has 5 nitrogen and oxygen atoms in total. The Hall–Kier alpha value is -2.60. The van der Waals surface area contributed by atoms with Crippen molar-refractivity contribution in [1.82, 2.24) is 4.90 Å². The maximum atomic E-state index is 13.2. The van der Waals surface area contributed by atoms with Gasteiger partial charge in [-0.1, -0.05) is 17.7 Å². The molecule has 2 aromatic rings. The molecule has 7 heteroatoms. The second-order valence-electron chi connectivity index (χ2n) is 7.06. The molecule has 0 spiro atoms. The maximum absolute atomic E-state index is 13.2. The molecule has 154 valence electrons. The number of hydrogen-bond acceptors (Lipinski definition) is 3. The number of nitrogens with zero attached hydrogens (tertiary/aromatic N) is 3. The number of hydrogen-bond donors (Lipinski definition) is 0. The maximum Gasteiger partial charge on any atom is 0.316 e. The molecule has 0 saturated carbocycles. The zero-order chi connectivity index (χ0) is 21.1. The molecule has 2 aromatic carbocycles. The van der Waals surface area contributed by atoms with Gasteiger partial charge >= 0.3 is 11.8 Å². The first-order chi connectivity index (χ1) is 13.8. The van der Waals surface area contributed by atoms with Crippen molar-refractivity contribution in [1.29, 1.82) is 0 Å². The van der Waals surface area contributed by atoms with Crippen LogP contribution in [0.25, 0.3) is 0 Å². The van der Waals surface area contributed by atoms with Gasteiger partial charge in [-0.15, -0.1) is 0 Å². The van der Waals surface area contributed by atoms with Crippen LogP contribution < -0.4 is 9.80 Å². The van der Waals surface area contributed by atoms with Gasteiger partial charge in [-0.25, -0.2) is 4.39 Å². The normalized spacial score (nSPS) is 14.5. The lowest BCUT2D eigenvalue weighted by molar-refractivity contribution is -0.146. The molecule has 0 aliphatic carbocycles. The molecular weight excluding hydrogens is 393 g/mol. The number of rotatable bonds is 6. The standard InChI is InChI=1S/C22H25ClFN3O2/c1-4-25(5-2)18-8-9-20(15(3)12-18)27-11-10-26(21(28)22(27)29)14-16-6-7-17(24)13-19(16)23/h6-9,12-13H,4-5,10-11,14H2,1-3H3. The summed E-state index contributed by atoms with van der Waals surface area (Å²) in [6.45, 7) is 8.91. The Morgan fingerprint density at radius 3 is 2.38 bits per heavy atom. The van der Waals surface area contributed by atoms with E-state index in [1.54, 1.807) is 0 Å². The van der Waals surface area contributed by atoms with Crippen molar-refractivity contribution in [3.05, 3.63) is 58.4 Å². The average Bonchev–Trinajstić information content (AvgIpc) is 2.69. The van der Waals surface area contributed by atoms with Crippen molar-refractivity contribution in [3.63, 3.8) is 0 Å². The monoisotopic (exact) mass is 417 g/mol. The zero-order valence-electron chi connectivity index (χ0n) is 16.9. The Morgan fingerprint density at radius 2 is 1.76 bits per heavy atom. The highest BCUT2D eigenvalue weighted by Crippen LogP contribution is 2.28. The molecule has 0 radical (unpaired) electrons. The van der Waals surface area contributed by atoms with Crippen LogP contribution in [0.1, 0.15) is 25.0 Å². The molecule has 1 fully saturated rings. The fourth-order valence-corrected chi connectivity index (χ4v) is 3.87. The predicted octanol–water partition coefficient (Wildman–Crippen LogP) is 4.01. The van der Waals surface area contributed by atoms with Crippen LogP contribution in [0.5, 0.6) is 0 Å². The van der Waals surface area contributed by atoms with Crippen LogP contribution in [-0.2, 0) is 16.1 Å². The fraction of sp³-hybridized carbons (Fsp3) is 0.364. The Bertz CT molecular complexity index is 930. The minimum atomic E-state index is -0.580. The van der Waals surface area contributed by atoms with Crippen LogP contribution >= 0.6 is 11.6 Å². The highest BCUT2D eigenvalue weighted by molar-refractivity contribution is 6.41. The summed E-state index contributed by atoms with van der Waals surface area (Å²) in [4.78, 5) is 30.7. The lowest BCUT2D eigenvalue weighted by Crippen LogP contribution is -2.54. The molecule has 1 heterocycles. The van der Waals surface area contributed by atoms with E-state index in [-0.39, 0.29) is 11.6 Å². The van der Waals surface area contributed by atoms with E-state index in [4.69, 9.17) is 11.6 Å². The van der Waals surface area contributed by atoms with Crippen molar-refractivity contribution in [2.75, 3.05) is 36.0 Å². The molecule has 0 unspecified atom stereocenters. The molecule has 0 aromatic heterocycles. The number of halogens is 2. The first-order valence-corrected chi connectivity index (χ1v) is 10.1. The highest BCUT2D eigenvalue weighted by atomic mass is 35.5. The first-order valence-electron chi connectivity index (χ1n) is 9.76. The van der Waals surface area contributed by atoms with E-state index in [1.807, 2.05) is 25.1 Å². The van der Waals surface area contributed by atoms with E-state index < -0.39 is 17.6 Å². The summed E-state index contributed by atoms with van der Waals surface area (Å²) >= 11 is 6.07. The molecule has 29 heavy (non-hydrogen) atoms. The van der Waals surface area contributed by atoms with Gasteiger partial charge in [0.05, 0.1) is 0 Å². The number of carbonyl (C=O) groups is 2. The molecule has 1 aliphatic rings. The van der Waals surface area contributed by atoms with E-state index in [1.165, 1.54) is 28.0 Å². The van der Waals surface area contributed by atoms with E-state index in [0.29, 0.717) is 18.7 Å². The van der Waals surface area contributed by atoms with Crippen molar-refractivity contribution in [3.8, 4) is 0 Å². The third kappa shape index (κ3) is 4.37. The molecule has 1 aliphatic heterocycles. The van der Waals surface area contributed by atoms with Crippen molar-refractivity contribution in [2.24, 2.45) is 0 Å². The van der Waals surface area contributed by atoms with E-state index in [0.717, 1.165) is 30.0 Å². The lowest BCUT2D eigenvalue weighted by atomic mass is 10.1. The van der Waals surface area contributed by atoms with Gasteiger partial charge in [0, 0.05) is 49.1 Å². The Labute approximate surface area is 175 Å². The van der Waals surface area contributed by atoms with Crippen LogP contribution in [-0.4, -0.2) is 42.9 Å². The summed E-state index contributed by atoms with van der Waals surface area (Å²) in [7, 11) is 0. The van der Waals surface area contributed by atoms with Crippen LogP contribution in [0.15, 0.2) is 36.4 Å². The van der Waals surface area contributed by atoms with E-state index >= 15 is 0 Å². The van der Waals surface area contributed by atoms with E-state index in [9.17, 15) is 14.0 Å². The fourth-order valence-electron chi connectivity index (χ4n) is 3.64. The smallest absolute Gasteiger partial charge is 0.316 e. The number of anilines is 2. The van der Waals surface area contributed by atoms with Crippen LogP contribution in [0.4, 0.5) is 15.8 Å². The highest BCUT2D eigenvalue weighted by Gasteiger charge is 2.34. The zero-order valence-corrected chi connectivity index (χ0v) is 17.7. The minimum Gasteiger partial charge on any atom is -0.372 e. The molecule has 0 bridgehead atoms. The van der Waals surface area contributed by atoms with Gasteiger partial charge < -0.3 is 14.7 Å². The summed E-state index contributed by atoms with van der Waals surface area (Å²) < 4.78 is 13.2. The van der Waals surface area contributed by atoms with Gasteiger partial charge in [0.2, 0.25) is 0 Å². The van der Waals surface area contributed by atoms with Gasteiger partial charge in [-0.3, -0.25) is 9.59 Å². The van der Waals surface area contributed by atoms with Crippen molar-refractivity contribution in [2.45, 2.75) is 27.3 Å². The summed E-state index contributed by atoms with van der Waals surface area (Å²) in [6, 6.07) is 9.98. The molecule has 0 atom stereocenters. The Morgan fingerprint density at radius 1 is 1.03 bits per heavy atom. The summed E-state index contributed by atoms with van der Waals surface area (Å²) in [6.07, 6.45) is 0. The number of amides is 2. The van der Waals surface area contributed by atoms with E-state index in [2.05, 4.69) is 18.7 Å². The SMILES string of the molecule is CCN(CC)c1ccc(N2CCN(Cc3ccc(F)cc3Cl)C(=O)C2=O)c(C)c1. The number of piperazine rings is 1. The summed E-state index contributed by atoms with van der Waals surface area (Å²) in [5.74, 6) is -1.58. The van der Waals surface area contributed by atoms with Crippen LogP contribution in [0.3, 0.4) is 0 Å². The van der Waals surface area contributed by atoms with Gasteiger partial charge in [0.25, 0.3) is 0 Å². The van der Waals surface area contributed by atoms with Crippen LogP contribution in [0, 0.1) is 12.7 Å². The number of aryl methyl sites for hydroxylation is 1. The number of carbonyl (C=O) groups excluding carboxylic acids is 2. The lowest BCUT2D eigenvalue weighted by Gasteiger charge is -2.35. The average molecular weight is 418 g/mol. The third-order valence-corrected chi connectivity index (χ3v) is 5.64. The minimum absolute atomic E-state index is 0.178. The predicted molar refractivity (Wildman–Crippen MR) is 114 cm³/mol. The topological polar surface area (TPSA) is 43.9 Å². The second kappa shape index (κ2) is 8.82. The molecule has 1 saturated heterocycles. The largest absolute Gasteiger partial charge is 0.372 e. The molecule has 2 amide bonds. The Balaban J connectivity index is 1.76. The van der Waals surface area contributed by atoms with Gasteiger partial charge in [-0.05, 0) is 62.2 Å². The Kier molecular flexibility index (Phi) is 6.42. The van der Waals surface area contributed by atoms with Crippen LogP contribution in [0.2, 0.25) is 5.02 Å². The van der Waals surface area contributed by atoms with Gasteiger partial charge in [0.1, 0.15) is 5.82 Å². The summed E-state index contributed by atoms with van der Waals surface area (Å²) in [5.41, 5.74) is 3.41. The molecule has 0 N–H and O–H groups in total. The van der Waals surface area contributed by atoms with Gasteiger partial charge in [-0.2, -0.15) is 0 Å². The summed E-state index contributed by atoms with van der Waals surface area (Å²) in [5, 5.41) is 0.246. The molecular formula is C22H25ClFN3O2. The van der Waals surface area contributed by atoms with Gasteiger partial charge in [0.15, 0.2) is 0 Å². The van der Waals surface area contributed by atoms with Crippen molar-refractivity contribution < 1.29 is 14.0 Å². The second-order valence-corrected chi connectivity index (χ2v) is 7.47. The quantitative estimate of drug-likeness (QED) is 0.667. The van der Waals surface area contributed by atoms with Crippen molar-refractivity contribution >= 4 is 34.8 Å². The third-order valence-electron chi connectivity index (χ3n) is 5.28. The number of benzene rings is 2.